The zero-order valence-electron chi connectivity index (χ0n) is 18.8. The third-order valence-electron chi connectivity index (χ3n) is 6.86. The predicted molar refractivity (Wildman–Crippen MR) is 134 cm³/mol. The number of carboxylic acid groups (broad SMARTS) is 1. The molecule has 0 aliphatic heterocycles. The number of nitrogens with one attached hydrogen (secondary N) is 1. The standard InChI is InChI=1S/C26H26N2O3S2/c1-13-8-14(2)19(15(3)9-13)12-32-26-28-20-7-6-18(11-21(20)33-26)27-24(29)22-16-4-5-17(10-16)23(22)25(30)31/h4-9,11,16-17,22-23H,10,12H2,1-3H3,(H,27,29)(H,30,31)/t16-,17-,22-,23+/m0/s1. The first-order valence-corrected chi connectivity index (χ1v) is 12.9. The van der Waals surface area contributed by atoms with Crippen LogP contribution in [0.15, 0.2) is 46.8 Å². The first-order chi connectivity index (χ1) is 15.8. The lowest BCUT2D eigenvalue weighted by Crippen LogP contribution is -2.36. The van der Waals surface area contributed by atoms with Gasteiger partial charge >= 0.3 is 5.97 Å². The number of carboxylic acids is 1. The maximum Gasteiger partial charge on any atom is 0.307 e. The van der Waals surface area contributed by atoms with Crippen LogP contribution in [-0.4, -0.2) is 22.0 Å². The first-order valence-electron chi connectivity index (χ1n) is 11.1. The number of anilines is 1. The molecule has 3 aromatic rings. The lowest BCUT2D eigenvalue weighted by Gasteiger charge is -2.23. The lowest BCUT2D eigenvalue weighted by atomic mass is 9.82. The number of amides is 1. The minimum absolute atomic E-state index is 0.0138. The molecule has 33 heavy (non-hydrogen) atoms. The van der Waals surface area contributed by atoms with Gasteiger partial charge in [-0.3, -0.25) is 9.59 Å². The van der Waals surface area contributed by atoms with Gasteiger partial charge in [-0.1, -0.05) is 41.6 Å². The Balaban J connectivity index is 1.30. The quantitative estimate of drug-likeness (QED) is 0.337. The summed E-state index contributed by atoms with van der Waals surface area (Å²) in [6.07, 6.45) is 4.71. The summed E-state index contributed by atoms with van der Waals surface area (Å²) in [5.41, 5.74) is 6.84. The van der Waals surface area contributed by atoms with E-state index in [0.29, 0.717) is 5.69 Å². The maximum absolute atomic E-state index is 13.0. The van der Waals surface area contributed by atoms with E-state index >= 15 is 0 Å². The van der Waals surface area contributed by atoms with Gasteiger partial charge in [0.05, 0.1) is 22.1 Å². The number of nitrogens with zero attached hydrogens (tertiary/aromatic N) is 1. The van der Waals surface area contributed by atoms with E-state index < -0.39 is 17.8 Å². The van der Waals surface area contributed by atoms with Crippen LogP contribution in [0.5, 0.6) is 0 Å². The number of aryl methyl sites for hydroxylation is 3. The molecule has 1 fully saturated rings. The number of allylic oxidation sites excluding steroid dienone is 2. The van der Waals surface area contributed by atoms with Gasteiger partial charge < -0.3 is 10.4 Å². The number of rotatable bonds is 6. The number of carbonyl (C=O) groups excluding carboxylic acids is 1. The number of thioether (sulfide) groups is 1. The van der Waals surface area contributed by atoms with E-state index in [1.807, 2.05) is 30.4 Å². The molecule has 2 aliphatic rings. The van der Waals surface area contributed by atoms with Crippen LogP contribution in [0.4, 0.5) is 5.69 Å². The summed E-state index contributed by atoms with van der Waals surface area (Å²) in [7, 11) is 0. The Morgan fingerprint density at radius 2 is 1.79 bits per heavy atom. The number of fused-ring (bicyclic) bond motifs is 3. The molecule has 1 amide bonds. The molecule has 1 heterocycles. The van der Waals surface area contributed by atoms with Gasteiger partial charge in [0.1, 0.15) is 0 Å². The van der Waals surface area contributed by atoms with E-state index in [1.165, 1.54) is 22.3 Å². The Hall–Kier alpha value is -2.64. The van der Waals surface area contributed by atoms with Crippen LogP contribution in [0, 0.1) is 44.4 Å². The number of hydrogen-bond donors (Lipinski definition) is 2. The molecule has 5 rings (SSSR count). The van der Waals surface area contributed by atoms with E-state index in [9.17, 15) is 14.7 Å². The van der Waals surface area contributed by atoms with E-state index in [-0.39, 0.29) is 17.7 Å². The van der Waals surface area contributed by atoms with Crippen molar-refractivity contribution < 1.29 is 14.7 Å². The summed E-state index contributed by atoms with van der Waals surface area (Å²) in [6, 6.07) is 10.1. The molecule has 2 bridgehead atoms. The first kappa shape index (κ1) is 22.2. The number of hydrogen-bond acceptors (Lipinski definition) is 5. The average Bonchev–Trinajstić information content (AvgIpc) is 3.46. The molecule has 2 N–H and O–H groups in total. The van der Waals surface area contributed by atoms with Crippen LogP contribution >= 0.6 is 23.1 Å². The molecule has 2 aromatic carbocycles. The highest BCUT2D eigenvalue weighted by Gasteiger charge is 2.51. The summed E-state index contributed by atoms with van der Waals surface area (Å²) < 4.78 is 2.01. The van der Waals surface area contributed by atoms with Crippen LogP contribution in [0.3, 0.4) is 0 Å². The molecule has 7 heteroatoms. The number of thiazole rings is 1. The smallest absolute Gasteiger partial charge is 0.307 e. The summed E-state index contributed by atoms with van der Waals surface area (Å²) in [4.78, 5) is 29.5. The molecule has 170 valence electrons. The van der Waals surface area contributed by atoms with Crippen LogP contribution in [0.25, 0.3) is 10.2 Å². The fourth-order valence-electron chi connectivity index (χ4n) is 5.36. The van der Waals surface area contributed by atoms with E-state index in [1.54, 1.807) is 23.1 Å². The van der Waals surface area contributed by atoms with Crippen molar-refractivity contribution in [2.24, 2.45) is 23.7 Å². The zero-order valence-corrected chi connectivity index (χ0v) is 20.4. The topological polar surface area (TPSA) is 79.3 Å². The van der Waals surface area contributed by atoms with E-state index in [0.717, 1.165) is 26.7 Å². The zero-order chi connectivity index (χ0) is 23.3. The van der Waals surface area contributed by atoms with Gasteiger partial charge in [-0.15, -0.1) is 11.3 Å². The van der Waals surface area contributed by atoms with Crippen molar-refractivity contribution in [3.63, 3.8) is 0 Å². The third kappa shape index (κ3) is 4.20. The Bertz CT molecular complexity index is 1270. The molecule has 0 spiro atoms. The molecule has 0 unspecified atom stereocenters. The van der Waals surface area contributed by atoms with Crippen molar-refractivity contribution >= 4 is 50.9 Å². The van der Waals surface area contributed by atoms with Gasteiger partial charge in [0.25, 0.3) is 0 Å². The molecule has 0 saturated heterocycles. The van der Waals surface area contributed by atoms with Crippen molar-refractivity contribution in [3.05, 3.63) is 64.7 Å². The molecular weight excluding hydrogens is 452 g/mol. The normalized spacial score (nSPS) is 23.4. The second-order valence-corrected chi connectivity index (χ2v) is 11.4. The molecular formula is C26H26N2O3S2. The van der Waals surface area contributed by atoms with E-state index in [4.69, 9.17) is 4.98 Å². The molecule has 1 aromatic heterocycles. The molecule has 4 atom stereocenters. The molecule has 0 radical (unpaired) electrons. The minimum Gasteiger partial charge on any atom is -0.481 e. The summed E-state index contributed by atoms with van der Waals surface area (Å²) in [6.45, 7) is 6.44. The van der Waals surface area contributed by atoms with Crippen molar-refractivity contribution in [1.82, 2.24) is 4.98 Å². The summed E-state index contributed by atoms with van der Waals surface area (Å²) in [5.74, 6) is -1.39. The number of benzene rings is 2. The monoisotopic (exact) mass is 478 g/mol. The van der Waals surface area contributed by atoms with Crippen LogP contribution < -0.4 is 5.32 Å². The van der Waals surface area contributed by atoms with E-state index in [2.05, 4.69) is 38.2 Å². The maximum atomic E-state index is 13.0. The molecule has 2 aliphatic carbocycles. The highest BCUT2D eigenvalue weighted by Crippen LogP contribution is 2.48. The Kier molecular flexibility index (Phi) is 5.79. The van der Waals surface area contributed by atoms with Crippen molar-refractivity contribution in [2.45, 2.75) is 37.3 Å². The second-order valence-electron chi connectivity index (χ2n) is 9.16. The van der Waals surface area contributed by atoms with Gasteiger partial charge in [-0.2, -0.15) is 0 Å². The van der Waals surface area contributed by atoms with Crippen LogP contribution in [0.1, 0.15) is 28.7 Å². The lowest BCUT2D eigenvalue weighted by molar-refractivity contribution is -0.146. The minimum atomic E-state index is -0.884. The number of aliphatic carboxylic acids is 1. The highest BCUT2D eigenvalue weighted by atomic mass is 32.2. The fraction of sp³-hybridized carbons (Fsp3) is 0.346. The Morgan fingerprint density at radius 1 is 1.09 bits per heavy atom. The summed E-state index contributed by atoms with van der Waals surface area (Å²) in [5, 5.41) is 12.6. The van der Waals surface area contributed by atoms with Crippen LogP contribution in [0.2, 0.25) is 0 Å². The Morgan fingerprint density at radius 3 is 2.48 bits per heavy atom. The predicted octanol–water partition coefficient (Wildman–Crippen LogP) is 5.98. The highest BCUT2D eigenvalue weighted by molar-refractivity contribution is 8.00. The SMILES string of the molecule is Cc1cc(C)c(CSc2nc3ccc(NC(=O)[C@@H]4[C@H](C(=O)O)[C@H]5C=C[C@H]4C5)cc3s2)c(C)c1. The van der Waals surface area contributed by atoms with Gasteiger partial charge in [0.2, 0.25) is 5.91 Å². The van der Waals surface area contributed by atoms with Gasteiger partial charge in [0.15, 0.2) is 4.34 Å². The molecule has 1 saturated carbocycles. The molecule has 5 nitrogen and oxygen atoms in total. The Labute approximate surface area is 201 Å². The second kappa shape index (κ2) is 8.61. The van der Waals surface area contributed by atoms with Crippen molar-refractivity contribution in [2.75, 3.05) is 5.32 Å². The van der Waals surface area contributed by atoms with Crippen molar-refractivity contribution in [3.8, 4) is 0 Å². The van der Waals surface area contributed by atoms with Crippen molar-refractivity contribution in [1.29, 1.82) is 0 Å². The number of aromatic nitrogens is 1. The van der Waals surface area contributed by atoms with Gasteiger partial charge in [-0.05, 0) is 73.9 Å². The number of carbonyl (C=O) groups is 2. The third-order valence-corrected chi connectivity index (χ3v) is 9.05. The van der Waals surface area contributed by atoms with Gasteiger partial charge in [-0.25, -0.2) is 4.98 Å². The van der Waals surface area contributed by atoms with Crippen LogP contribution in [-0.2, 0) is 15.3 Å². The summed E-state index contributed by atoms with van der Waals surface area (Å²) >= 11 is 3.35. The fourth-order valence-corrected chi connectivity index (χ4v) is 7.66. The largest absolute Gasteiger partial charge is 0.481 e. The van der Waals surface area contributed by atoms with Gasteiger partial charge in [0, 0.05) is 11.4 Å². The average molecular weight is 479 g/mol.